The molecule has 0 atom stereocenters. The normalized spacial score (nSPS) is 13.9. The number of pyridine rings is 1. The molecule has 2 heterocycles. The Kier molecular flexibility index (Phi) is 6.82. The number of fused-ring (bicyclic) bond motifs is 1. The highest BCUT2D eigenvalue weighted by molar-refractivity contribution is 7.91. The number of anilines is 4. The van der Waals surface area contributed by atoms with Crippen molar-refractivity contribution in [1.82, 2.24) is 4.98 Å². The minimum absolute atomic E-state index is 0.161. The van der Waals surface area contributed by atoms with Crippen molar-refractivity contribution < 1.29 is 17.9 Å². The molecule has 190 valence electrons. The van der Waals surface area contributed by atoms with E-state index in [0.29, 0.717) is 18.9 Å². The largest absolute Gasteiger partial charge is 0.378 e. The number of nitrogens with one attached hydrogen (secondary N) is 2. The summed E-state index contributed by atoms with van der Waals surface area (Å²) >= 11 is 0. The van der Waals surface area contributed by atoms with E-state index >= 15 is 0 Å². The van der Waals surface area contributed by atoms with E-state index in [1.165, 1.54) is 19.1 Å². The fraction of sp³-hybridized carbons (Fsp3) is 0.214. The van der Waals surface area contributed by atoms with Gasteiger partial charge in [-0.05, 0) is 79.7 Å². The summed E-state index contributed by atoms with van der Waals surface area (Å²) in [5.74, 6) is -0.215. The van der Waals surface area contributed by atoms with Crippen LogP contribution in [0.25, 0.3) is 10.9 Å². The number of morpholine rings is 1. The first-order chi connectivity index (χ1) is 17.8. The molecule has 5 rings (SSSR count). The van der Waals surface area contributed by atoms with Crippen LogP contribution >= 0.6 is 0 Å². The van der Waals surface area contributed by atoms with Crippen molar-refractivity contribution in [1.29, 1.82) is 0 Å². The van der Waals surface area contributed by atoms with Crippen molar-refractivity contribution in [2.45, 2.75) is 23.6 Å². The Labute approximate surface area is 216 Å². The fourth-order valence-corrected chi connectivity index (χ4v) is 5.66. The lowest BCUT2D eigenvalue weighted by molar-refractivity contribution is -0.114. The van der Waals surface area contributed by atoms with Crippen LogP contribution < -0.4 is 15.5 Å². The number of hydrogen-bond acceptors (Lipinski definition) is 7. The lowest BCUT2D eigenvalue weighted by atomic mass is 10.1. The third-order valence-electron chi connectivity index (χ3n) is 6.23. The Hall–Kier alpha value is -3.95. The third kappa shape index (κ3) is 5.42. The zero-order valence-corrected chi connectivity index (χ0v) is 21.5. The lowest BCUT2D eigenvalue weighted by Gasteiger charge is -2.29. The maximum absolute atomic E-state index is 13.1. The number of nitrogens with zero attached hydrogens (tertiary/aromatic N) is 2. The Bertz CT molecular complexity index is 1550. The number of benzene rings is 3. The monoisotopic (exact) mass is 516 g/mol. The van der Waals surface area contributed by atoms with Crippen LogP contribution in [0.5, 0.6) is 0 Å². The maximum atomic E-state index is 13.1. The number of aromatic nitrogens is 1. The van der Waals surface area contributed by atoms with Crippen molar-refractivity contribution in [2.24, 2.45) is 0 Å². The van der Waals surface area contributed by atoms with Crippen LogP contribution in [-0.2, 0) is 19.4 Å². The van der Waals surface area contributed by atoms with Crippen LogP contribution in [0.3, 0.4) is 0 Å². The second-order valence-corrected chi connectivity index (χ2v) is 10.9. The zero-order chi connectivity index (χ0) is 26.0. The van der Waals surface area contributed by atoms with Gasteiger partial charge < -0.3 is 20.3 Å². The fourth-order valence-electron chi connectivity index (χ4n) is 4.40. The van der Waals surface area contributed by atoms with Gasteiger partial charge in [0, 0.05) is 53.8 Å². The van der Waals surface area contributed by atoms with E-state index in [2.05, 4.69) is 32.7 Å². The highest BCUT2D eigenvalue weighted by Gasteiger charge is 2.18. The molecule has 2 N–H and O–H groups in total. The molecule has 9 heteroatoms. The Balaban J connectivity index is 1.40. The number of ether oxygens (including phenoxy) is 1. The molecule has 1 aliphatic rings. The zero-order valence-electron chi connectivity index (χ0n) is 20.7. The van der Waals surface area contributed by atoms with Gasteiger partial charge in [-0.1, -0.05) is 0 Å². The van der Waals surface area contributed by atoms with Crippen LogP contribution in [-0.4, -0.2) is 45.6 Å². The van der Waals surface area contributed by atoms with Crippen molar-refractivity contribution in [2.75, 3.05) is 41.8 Å². The van der Waals surface area contributed by atoms with Crippen LogP contribution in [0.1, 0.15) is 12.6 Å². The summed E-state index contributed by atoms with van der Waals surface area (Å²) in [5, 5.41) is 7.07. The molecule has 0 radical (unpaired) electrons. The predicted molar refractivity (Wildman–Crippen MR) is 145 cm³/mol. The Morgan fingerprint density at radius 1 is 0.892 bits per heavy atom. The standard InChI is InChI=1S/C28H28N4O4S/c1-19-17-28(26-18-23(7-12-27(26)29-19)32-13-15-36-16-14-32)31-22-5-10-25(11-6-22)37(34,35)24-8-3-21(4-9-24)30-20(2)33/h3-12,17-18H,13-16H2,1-2H3,(H,29,31)(H,30,33). The predicted octanol–water partition coefficient (Wildman–Crippen LogP) is 4.91. The second kappa shape index (κ2) is 10.2. The summed E-state index contributed by atoms with van der Waals surface area (Å²) in [6.07, 6.45) is 0. The van der Waals surface area contributed by atoms with Crippen LogP contribution in [0.15, 0.2) is 82.6 Å². The highest BCUT2D eigenvalue weighted by Crippen LogP contribution is 2.31. The molecule has 4 aromatic rings. The number of sulfone groups is 1. The molecule has 37 heavy (non-hydrogen) atoms. The molecule has 3 aromatic carbocycles. The lowest BCUT2D eigenvalue weighted by Crippen LogP contribution is -2.36. The molecular formula is C28H28N4O4S. The Morgan fingerprint density at radius 3 is 2.14 bits per heavy atom. The smallest absolute Gasteiger partial charge is 0.221 e. The van der Waals surface area contributed by atoms with Crippen molar-refractivity contribution in [3.63, 3.8) is 0 Å². The SMILES string of the molecule is CC(=O)Nc1ccc(S(=O)(=O)c2ccc(Nc3cc(C)nc4ccc(N5CCOCC5)cc34)cc2)cc1. The molecule has 0 bridgehead atoms. The minimum Gasteiger partial charge on any atom is -0.378 e. The van der Waals surface area contributed by atoms with Gasteiger partial charge in [0.05, 0.1) is 28.5 Å². The van der Waals surface area contributed by atoms with Gasteiger partial charge in [0.15, 0.2) is 0 Å². The molecule has 0 spiro atoms. The quantitative estimate of drug-likeness (QED) is 0.375. The van der Waals surface area contributed by atoms with Gasteiger partial charge in [0.25, 0.3) is 0 Å². The summed E-state index contributed by atoms with van der Waals surface area (Å²) in [6, 6.07) is 21.1. The first-order valence-electron chi connectivity index (χ1n) is 12.0. The van der Waals surface area contributed by atoms with Crippen molar-refractivity contribution in [3.8, 4) is 0 Å². The van der Waals surface area contributed by atoms with E-state index in [1.54, 1.807) is 36.4 Å². The van der Waals surface area contributed by atoms with Crippen LogP contribution in [0, 0.1) is 6.92 Å². The molecule has 1 fully saturated rings. The van der Waals surface area contributed by atoms with Crippen LogP contribution in [0.4, 0.5) is 22.7 Å². The van der Waals surface area contributed by atoms with Gasteiger partial charge >= 0.3 is 0 Å². The van der Waals surface area contributed by atoms with Gasteiger partial charge in [0.1, 0.15) is 0 Å². The number of aryl methyl sites for hydroxylation is 1. The molecule has 1 amide bonds. The summed E-state index contributed by atoms with van der Waals surface area (Å²) < 4.78 is 31.7. The molecule has 0 saturated carbocycles. The molecule has 8 nitrogen and oxygen atoms in total. The first kappa shape index (κ1) is 24.7. The minimum atomic E-state index is -3.70. The average Bonchev–Trinajstić information content (AvgIpc) is 2.89. The Morgan fingerprint density at radius 2 is 1.51 bits per heavy atom. The number of carbonyl (C=O) groups is 1. The third-order valence-corrected chi connectivity index (χ3v) is 8.01. The molecule has 1 saturated heterocycles. The van der Waals surface area contributed by atoms with Gasteiger partial charge in [-0.25, -0.2) is 8.42 Å². The summed E-state index contributed by atoms with van der Waals surface area (Å²) in [5.41, 5.74) is 5.11. The van der Waals surface area contributed by atoms with Crippen molar-refractivity contribution >= 4 is 49.4 Å². The molecule has 0 aliphatic carbocycles. The summed E-state index contributed by atoms with van der Waals surface area (Å²) in [7, 11) is -3.70. The molecule has 0 unspecified atom stereocenters. The second-order valence-electron chi connectivity index (χ2n) is 8.97. The average molecular weight is 517 g/mol. The number of carbonyl (C=O) groups excluding carboxylic acids is 1. The summed E-state index contributed by atoms with van der Waals surface area (Å²) in [6.45, 7) is 6.47. The highest BCUT2D eigenvalue weighted by atomic mass is 32.2. The van der Waals surface area contributed by atoms with E-state index in [9.17, 15) is 13.2 Å². The number of hydrogen-bond donors (Lipinski definition) is 2. The number of amides is 1. The molecule has 1 aromatic heterocycles. The van der Waals surface area contributed by atoms with E-state index in [0.717, 1.165) is 46.7 Å². The molecular weight excluding hydrogens is 488 g/mol. The van der Waals surface area contributed by atoms with E-state index in [-0.39, 0.29) is 15.7 Å². The topological polar surface area (TPSA) is 101 Å². The van der Waals surface area contributed by atoms with Crippen molar-refractivity contribution in [3.05, 3.63) is 78.5 Å². The van der Waals surface area contributed by atoms with E-state index in [4.69, 9.17) is 4.74 Å². The van der Waals surface area contributed by atoms with Gasteiger partial charge in [0.2, 0.25) is 15.7 Å². The maximum Gasteiger partial charge on any atom is 0.221 e. The number of rotatable bonds is 6. The van der Waals surface area contributed by atoms with Gasteiger partial charge in [-0.15, -0.1) is 0 Å². The van der Waals surface area contributed by atoms with E-state index < -0.39 is 9.84 Å². The van der Waals surface area contributed by atoms with Crippen LogP contribution in [0.2, 0.25) is 0 Å². The van der Waals surface area contributed by atoms with Gasteiger partial charge in [-0.2, -0.15) is 0 Å². The summed E-state index contributed by atoms with van der Waals surface area (Å²) in [4.78, 5) is 18.5. The first-order valence-corrected chi connectivity index (χ1v) is 13.5. The van der Waals surface area contributed by atoms with E-state index in [1.807, 2.05) is 19.1 Å². The molecule has 1 aliphatic heterocycles. The van der Waals surface area contributed by atoms with Gasteiger partial charge in [-0.3, -0.25) is 9.78 Å².